The Morgan fingerprint density at radius 3 is 2.67 bits per heavy atom. The van der Waals surface area contributed by atoms with E-state index >= 15 is 0 Å². The van der Waals surface area contributed by atoms with Crippen LogP contribution in [0.2, 0.25) is 0 Å². The lowest BCUT2D eigenvalue weighted by molar-refractivity contribution is 0.107. The summed E-state index contributed by atoms with van der Waals surface area (Å²) >= 11 is 0. The van der Waals surface area contributed by atoms with Crippen LogP contribution in [-0.4, -0.2) is 29.6 Å². The zero-order valence-electron chi connectivity index (χ0n) is 11.3. The highest BCUT2D eigenvalue weighted by Gasteiger charge is 2.39. The maximum absolute atomic E-state index is 13.3. The molecule has 0 spiro atoms. The van der Waals surface area contributed by atoms with Crippen molar-refractivity contribution in [2.75, 3.05) is 13.1 Å². The standard InChI is InChI=1S/C15H23FN2/c1-3-18(14-7-8-14)15(2,11-17)10-12-5-4-6-13(16)9-12/h4-6,9,14H,3,7-8,10-11,17H2,1-2H3. The molecule has 1 aliphatic rings. The molecule has 0 amide bonds. The van der Waals surface area contributed by atoms with Crippen LogP contribution in [0.3, 0.4) is 0 Å². The van der Waals surface area contributed by atoms with E-state index < -0.39 is 0 Å². The molecular weight excluding hydrogens is 227 g/mol. The molecule has 0 aromatic heterocycles. The smallest absolute Gasteiger partial charge is 0.123 e. The predicted octanol–water partition coefficient (Wildman–Crippen LogP) is 2.57. The van der Waals surface area contributed by atoms with E-state index in [-0.39, 0.29) is 11.4 Å². The van der Waals surface area contributed by atoms with Crippen LogP contribution in [0, 0.1) is 5.82 Å². The van der Waals surface area contributed by atoms with E-state index in [0.717, 1.165) is 18.5 Å². The fourth-order valence-electron chi connectivity index (χ4n) is 2.84. The van der Waals surface area contributed by atoms with Gasteiger partial charge in [0.1, 0.15) is 5.82 Å². The van der Waals surface area contributed by atoms with Gasteiger partial charge in [0.2, 0.25) is 0 Å². The number of rotatable bonds is 6. The number of nitrogens with two attached hydrogens (primary N) is 1. The lowest BCUT2D eigenvalue weighted by Gasteiger charge is -2.40. The minimum atomic E-state index is -0.165. The summed E-state index contributed by atoms with van der Waals surface area (Å²) in [5, 5.41) is 0. The first-order valence-electron chi connectivity index (χ1n) is 6.80. The molecule has 2 N–H and O–H groups in total. The van der Waals surface area contributed by atoms with Crippen molar-refractivity contribution in [3.05, 3.63) is 35.6 Å². The van der Waals surface area contributed by atoms with Crippen molar-refractivity contribution in [2.45, 2.75) is 44.7 Å². The summed E-state index contributed by atoms with van der Waals surface area (Å²) in [6.45, 7) is 5.99. The van der Waals surface area contributed by atoms with Gasteiger partial charge in [0, 0.05) is 18.1 Å². The zero-order chi connectivity index (χ0) is 13.2. The Bertz CT molecular complexity index is 403. The molecule has 1 aromatic carbocycles. The van der Waals surface area contributed by atoms with Gasteiger partial charge in [-0.3, -0.25) is 4.90 Å². The van der Waals surface area contributed by atoms with Gasteiger partial charge in [0.25, 0.3) is 0 Å². The van der Waals surface area contributed by atoms with Gasteiger partial charge in [-0.05, 0) is 50.4 Å². The van der Waals surface area contributed by atoms with Crippen LogP contribution in [0.4, 0.5) is 4.39 Å². The van der Waals surface area contributed by atoms with Gasteiger partial charge in [-0.15, -0.1) is 0 Å². The van der Waals surface area contributed by atoms with Crippen LogP contribution in [0.15, 0.2) is 24.3 Å². The van der Waals surface area contributed by atoms with Crippen LogP contribution in [0.1, 0.15) is 32.3 Å². The number of likely N-dealkylation sites (N-methyl/N-ethyl adjacent to an activating group) is 1. The van der Waals surface area contributed by atoms with Gasteiger partial charge < -0.3 is 5.73 Å². The number of halogens is 1. The molecular formula is C15H23FN2. The minimum absolute atomic E-state index is 0.0658. The minimum Gasteiger partial charge on any atom is -0.329 e. The predicted molar refractivity (Wildman–Crippen MR) is 73.0 cm³/mol. The lowest BCUT2D eigenvalue weighted by atomic mass is 9.90. The van der Waals surface area contributed by atoms with Crippen LogP contribution in [-0.2, 0) is 6.42 Å². The van der Waals surface area contributed by atoms with Crippen molar-refractivity contribution in [1.82, 2.24) is 4.90 Å². The Labute approximate surface area is 109 Å². The van der Waals surface area contributed by atoms with Gasteiger partial charge in [-0.1, -0.05) is 19.1 Å². The highest BCUT2D eigenvalue weighted by molar-refractivity contribution is 5.19. The SMILES string of the molecule is CCN(C1CC1)C(C)(CN)Cc1cccc(F)c1. The topological polar surface area (TPSA) is 29.3 Å². The quantitative estimate of drug-likeness (QED) is 0.841. The second-order valence-corrected chi connectivity index (χ2v) is 5.52. The van der Waals surface area contributed by atoms with Crippen LogP contribution < -0.4 is 5.73 Å². The maximum atomic E-state index is 13.3. The van der Waals surface area contributed by atoms with E-state index in [0.29, 0.717) is 12.6 Å². The number of benzene rings is 1. The fourth-order valence-corrected chi connectivity index (χ4v) is 2.84. The largest absolute Gasteiger partial charge is 0.329 e. The first-order chi connectivity index (χ1) is 8.59. The number of nitrogens with zero attached hydrogens (tertiary/aromatic N) is 1. The van der Waals surface area contributed by atoms with Gasteiger partial charge in [0.05, 0.1) is 0 Å². The van der Waals surface area contributed by atoms with Gasteiger partial charge in [0.15, 0.2) is 0 Å². The summed E-state index contributed by atoms with van der Waals surface area (Å²) in [6.07, 6.45) is 3.35. The van der Waals surface area contributed by atoms with Crippen molar-refractivity contribution < 1.29 is 4.39 Å². The normalized spacial score (nSPS) is 18.9. The van der Waals surface area contributed by atoms with E-state index in [4.69, 9.17) is 5.73 Å². The van der Waals surface area contributed by atoms with Gasteiger partial charge in [-0.2, -0.15) is 0 Å². The molecule has 0 bridgehead atoms. The molecule has 0 saturated heterocycles. The average molecular weight is 250 g/mol. The summed E-state index contributed by atoms with van der Waals surface area (Å²) in [7, 11) is 0. The van der Waals surface area contributed by atoms with Crippen LogP contribution >= 0.6 is 0 Å². The second-order valence-electron chi connectivity index (χ2n) is 5.52. The molecule has 100 valence electrons. The highest BCUT2D eigenvalue weighted by Crippen LogP contribution is 2.34. The van der Waals surface area contributed by atoms with E-state index in [1.54, 1.807) is 12.1 Å². The van der Waals surface area contributed by atoms with Crippen LogP contribution in [0.25, 0.3) is 0 Å². The molecule has 18 heavy (non-hydrogen) atoms. The summed E-state index contributed by atoms with van der Waals surface area (Å²) in [4.78, 5) is 2.48. The second kappa shape index (κ2) is 5.37. The summed E-state index contributed by atoms with van der Waals surface area (Å²) < 4.78 is 13.3. The summed E-state index contributed by atoms with van der Waals surface area (Å²) in [5.41, 5.74) is 6.96. The molecule has 1 fully saturated rings. The van der Waals surface area contributed by atoms with Crippen molar-refractivity contribution in [3.63, 3.8) is 0 Å². The zero-order valence-corrected chi connectivity index (χ0v) is 11.3. The Hall–Kier alpha value is -0.930. The fraction of sp³-hybridized carbons (Fsp3) is 0.600. The summed E-state index contributed by atoms with van der Waals surface area (Å²) in [5.74, 6) is -0.165. The van der Waals surface area contributed by atoms with Crippen molar-refractivity contribution in [1.29, 1.82) is 0 Å². The molecule has 1 atom stereocenters. The average Bonchev–Trinajstić information content (AvgIpc) is 3.14. The van der Waals surface area contributed by atoms with Gasteiger partial charge in [-0.25, -0.2) is 4.39 Å². The number of hydrogen-bond donors (Lipinski definition) is 1. The van der Waals surface area contributed by atoms with Crippen LogP contribution in [0.5, 0.6) is 0 Å². The van der Waals surface area contributed by atoms with Crippen molar-refractivity contribution in [3.8, 4) is 0 Å². The number of hydrogen-bond acceptors (Lipinski definition) is 2. The monoisotopic (exact) mass is 250 g/mol. The Morgan fingerprint density at radius 1 is 1.44 bits per heavy atom. The third-order valence-electron chi connectivity index (χ3n) is 3.94. The molecule has 0 heterocycles. The summed E-state index contributed by atoms with van der Waals surface area (Å²) in [6, 6.07) is 7.54. The van der Waals surface area contributed by atoms with E-state index in [9.17, 15) is 4.39 Å². The molecule has 1 aromatic rings. The molecule has 0 aliphatic heterocycles. The molecule has 0 radical (unpaired) electrons. The Balaban J connectivity index is 2.16. The van der Waals surface area contributed by atoms with E-state index in [2.05, 4.69) is 18.7 Å². The first-order valence-corrected chi connectivity index (χ1v) is 6.80. The molecule has 1 unspecified atom stereocenters. The Morgan fingerprint density at radius 2 is 2.17 bits per heavy atom. The Kier molecular flexibility index (Phi) is 4.03. The van der Waals surface area contributed by atoms with E-state index in [1.807, 2.05) is 6.07 Å². The van der Waals surface area contributed by atoms with E-state index in [1.165, 1.54) is 18.9 Å². The molecule has 2 nitrogen and oxygen atoms in total. The molecule has 1 saturated carbocycles. The van der Waals surface area contributed by atoms with Gasteiger partial charge >= 0.3 is 0 Å². The maximum Gasteiger partial charge on any atom is 0.123 e. The molecule has 1 aliphatic carbocycles. The van der Waals surface area contributed by atoms with Crippen molar-refractivity contribution >= 4 is 0 Å². The lowest BCUT2D eigenvalue weighted by Crippen LogP contribution is -2.54. The molecule has 2 rings (SSSR count). The first kappa shape index (κ1) is 13.5. The molecule has 3 heteroatoms. The van der Waals surface area contributed by atoms with Crippen molar-refractivity contribution in [2.24, 2.45) is 5.73 Å². The third-order valence-corrected chi connectivity index (χ3v) is 3.94. The highest BCUT2D eigenvalue weighted by atomic mass is 19.1. The third kappa shape index (κ3) is 2.90.